The predicted octanol–water partition coefficient (Wildman–Crippen LogP) is 3.09. The maximum absolute atomic E-state index is 5.46. The summed E-state index contributed by atoms with van der Waals surface area (Å²) in [6.07, 6.45) is 2.14. The van der Waals surface area contributed by atoms with Crippen LogP contribution >= 0.6 is 24.0 Å². The summed E-state index contributed by atoms with van der Waals surface area (Å²) in [5.41, 5.74) is 2.66. The van der Waals surface area contributed by atoms with Gasteiger partial charge in [0.25, 0.3) is 0 Å². The first kappa shape index (κ1) is 20.2. The molecule has 1 atom stereocenters. The minimum Gasteiger partial charge on any atom is -0.381 e. The zero-order valence-electron chi connectivity index (χ0n) is 14.5. The normalized spacial score (nSPS) is 17.7. The molecule has 1 heterocycles. The molecule has 0 aliphatic carbocycles. The highest BCUT2D eigenvalue weighted by Gasteiger charge is 2.18. The summed E-state index contributed by atoms with van der Waals surface area (Å²) < 4.78 is 5.46. The van der Waals surface area contributed by atoms with E-state index in [0.717, 1.165) is 51.6 Å². The molecular formula is C18H30IN3O. The van der Waals surface area contributed by atoms with Gasteiger partial charge in [-0.1, -0.05) is 29.8 Å². The highest BCUT2D eigenvalue weighted by Crippen LogP contribution is 2.13. The second kappa shape index (κ2) is 10.9. The van der Waals surface area contributed by atoms with Crippen molar-refractivity contribution in [2.24, 2.45) is 10.9 Å². The molecule has 1 aliphatic rings. The Bertz CT molecular complexity index is 487. The molecule has 0 bridgehead atoms. The van der Waals surface area contributed by atoms with E-state index in [4.69, 9.17) is 9.73 Å². The molecule has 4 nitrogen and oxygen atoms in total. The lowest BCUT2D eigenvalue weighted by atomic mass is 10.1. The molecule has 1 aromatic carbocycles. The minimum atomic E-state index is 0. The number of ether oxygens (including phenoxy) is 1. The fourth-order valence-electron chi connectivity index (χ4n) is 2.83. The van der Waals surface area contributed by atoms with Crippen LogP contribution in [-0.2, 0) is 11.2 Å². The van der Waals surface area contributed by atoms with Crippen LogP contribution in [0.4, 0.5) is 0 Å². The van der Waals surface area contributed by atoms with E-state index in [-0.39, 0.29) is 24.0 Å². The van der Waals surface area contributed by atoms with Gasteiger partial charge in [0.1, 0.15) is 0 Å². The third-order valence-electron chi connectivity index (χ3n) is 4.00. The maximum atomic E-state index is 5.46. The van der Waals surface area contributed by atoms with E-state index < -0.39 is 0 Å². The number of benzene rings is 1. The second-order valence-corrected chi connectivity index (χ2v) is 6.08. The monoisotopic (exact) mass is 431 g/mol. The Balaban J connectivity index is 0.00000264. The van der Waals surface area contributed by atoms with Gasteiger partial charge < -0.3 is 15.0 Å². The summed E-state index contributed by atoms with van der Waals surface area (Å²) in [6.45, 7) is 8.76. The van der Waals surface area contributed by atoms with Gasteiger partial charge in [0.15, 0.2) is 5.96 Å². The fraction of sp³-hybridized carbons (Fsp3) is 0.611. The third kappa shape index (κ3) is 7.08. The van der Waals surface area contributed by atoms with Crippen LogP contribution in [0.15, 0.2) is 29.3 Å². The van der Waals surface area contributed by atoms with Gasteiger partial charge in [-0.3, -0.25) is 4.99 Å². The number of hydrogen-bond acceptors (Lipinski definition) is 2. The number of aliphatic imine (C=N–C) groups is 1. The summed E-state index contributed by atoms with van der Waals surface area (Å²) in [4.78, 5) is 7.01. The molecule has 1 fully saturated rings. The van der Waals surface area contributed by atoms with Crippen molar-refractivity contribution in [1.82, 2.24) is 10.2 Å². The van der Waals surface area contributed by atoms with Gasteiger partial charge >= 0.3 is 0 Å². The van der Waals surface area contributed by atoms with Gasteiger partial charge in [0, 0.05) is 39.2 Å². The van der Waals surface area contributed by atoms with Crippen LogP contribution in [0.3, 0.4) is 0 Å². The highest BCUT2D eigenvalue weighted by molar-refractivity contribution is 14.0. The molecule has 2 rings (SSSR count). The van der Waals surface area contributed by atoms with E-state index in [9.17, 15) is 0 Å². The summed E-state index contributed by atoms with van der Waals surface area (Å²) in [5.74, 6) is 1.63. The Morgan fingerprint density at radius 1 is 1.43 bits per heavy atom. The predicted molar refractivity (Wildman–Crippen MR) is 108 cm³/mol. The molecule has 1 unspecified atom stereocenters. The number of aryl methyl sites for hydroxylation is 1. The van der Waals surface area contributed by atoms with Crippen LogP contribution < -0.4 is 5.32 Å². The number of guanidine groups is 1. The summed E-state index contributed by atoms with van der Waals surface area (Å²) in [5, 5.41) is 3.39. The van der Waals surface area contributed by atoms with Crippen LogP contribution in [0.2, 0.25) is 0 Å². The molecule has 1 aliphatic heterocycles. The first-order valence-corrected chi connectivity index (χ1v) is 8.31. The summed E-state index contributed by atoms with van der Waals surface area (Å²) >= 11 is 0. The van der Waals surface area contributed by atoms with E-state index in [1.165, 1.54) is 11.1 Å². The molecule has 0 amide bonds. The van der Waals surface area contributed by atoms with E-state index >= 15 is 0 Å². The molecule has 0 spiro atoms. The van der Waals surface area contributed by atoms with Crippen LogP contribution in [0.25, 0.3) is 0 Å². The van der Waals surface area contributed by atoms with Crippen LogP contribution in [0.5, 0.6) is 0 Å². The fourth-order valence-corrected chi connectivity index (χ4v) is 2.83. The van der Waals surface area contributed by atoms with Gasteiger partial charge in [-0.05, 0) is 32.3 Å². The molecule has 0 aromatic heterocycles. The van der Waals surface area contributed by atoms with E-state index in [1.54, 1.807) is 0 Å². The van der Waals surface area contributed by atoms with Crippen molar-refractivity contribution in [3.8, 4) is 0 Å². The molecule has 23 heavy (non-hydrogen) atoms. The van der Waals surface area contributed by atoms with Crippen molar-refractivity contribution < 1.29 is 4.74 Å². The lowest BCUT2D eigenvalue weighted by Gasteiger charge is -2.24. The number of hydrogen-bond donors (Lipinski definition) is 1. The topological polar surface area (TPSA) is 36.9 Å². The number of nitrogens with one attached hydrogen (secondary N) is 1. The molecule has 1 N–H and O–H groups in total. The zero-order valence-corrected chi connectivity index (χ0v) is 16.9. The molecule has 130 valence electrons. The van der Waals surface area contributed by atoms with Gasteiger partial charge in [0.2, 0.25) is 0 Å². The minimum absolute atomic E-state index is 0. The summed E-state index contributed by atoms with van der Waals surface area (Å²) in [7, 11) is 2.12. The van der Waals surface area contributed by atoms with Crippen molar-refractivity contribution in [2.45, 2.75) is 26.7 Å². The SMILES string of the molecule is CCNC(=NCCc1cccc(C)c1)N(C)CC1CCOC1.I. The first-order chi connectivity index (χ1) is 10.7. The Hall–Kier alpha value is -0.820. The molecule has 0 saturated carbocycles. The number of nitrogens with zero attached hydrogens (tertiary/aromatic N) is 2. The van der Waals surface area contributed by atoms with Crippen molar-refractivity contribution in [1.29, 1.82) is 0 Å². The van der Waals surface area contributed by atoms with Crippen LogP contribution in [0.1, 0.15) is 24.5 Å². The lowest BCUT2D eigenvalue weighted by molar-refractivity contribution is 0.181. The second-order valence-electron chi connectivity index (χ2n) is 6.08. The van der Waals surface area contributed by atoms with Gasteiger partial charge in [0.05, 0.1) is 6.61 Å². The van der Waals surface area contributed by atoms with Crippen LogP contribution in [0, 0.1) is 12.8 Å². The van der Waals surface area contributed by atoms with Gasteiger partial charge in [-0.2, -0.15) is 0 Å². The number of halogens is 1. The molecule has 1 aromatic rings. The van der Waals surface area contributed by atoms with E-state index in [1.807, 2.05) is 0 Å². The van der Waals surface area contributed by atoms with Crippen molar-refractivity contribution in [3.63, 3.8) is 0 Å². The lowest BCUT2D eigenvalue weighted by Crippen LogP contribution is -2.41. The Labute approximate surface area is 157 Å². The van der Waals surface area contributed by atoms with Gasteiger partial charge in [-0.15, -0.1) is 24.0 Å². The standard InChI is InChI=1S/C18H29N3O.HI/c1-4-19-18(21(3)13-17-9-11-22-14-17)20-10-8-16-7-5-6-15(2)12-16;/h5-7,12,17H,4,8-11,13-14H2,1-3H3,(H,19,20);1H. The molecule has 1 saturated heterocycles. The highest BCUT2D eigenvalue weighted by atomic mass is 127. The Morgan fingerprint density at radius 3 is 2.91 bits per heavy atom. The average molecular weight is 431 g/mol. The van der Waals surface area contributed by atoms with Gasteiger partial charge in [-0.25, -0.2) is 0 Å². The average Bonchev–Trinajstić information content (AvgIpc) is 2.99. The van der Waals surface area contributed by atoms with Crippen LogP contribution in [-0.4, -0.2) is 50.8 Å². The zero-order chi connectivity index (χ0) is 15.8. The molecule has 0 radical (unpaired) electrons. The van der Waals surface area contributed by atoms with Crippen molar-refractivity contribution in [2.75, 3.05) is 39.9 Å². The Kier molecular flexibility index (Phi) is 9.55. The maximum Gasteiger partial charge on any atom is 0.193 e. The van der Waals surface area contributed by atoms with E-state index in [0.29, 0.717) is 5.92 Å². The first-order valence-electron chi connectivity index (χ1n) is 8.31. The van der Waals surface area contributed by atoms with Crippen molar-refractivity contribution >= 4 is 29.9 Å². The number of rotatable bonds is 6. The molecular weight excluding hydrogens is 401 g/mol. The Morgan fingerprint density at radius 2 is 2.26 bits per heavy atom. The quantitative estimate of drug-likeness (QED) is 0.427. The third-order valence-corrected chi connectivity index (χ3v) is 4.00. The molecule has 5 heteroatoms. The summed E-state index contributed by atoms with van der Waals surface area (Å²) in [6, 6.07) is 8.66. The smallest absolute Gasteiger partial charge is 0.193 e. The van der Waals surface area contributed by atoms with E-state index in [2.05, 4.69) is 55.4 Å². The van der Waals surface area contributed by atoms with Crippen molar-refractivity contribution in [3.05, 3.63) is 35.4 Å². The largest absolute Gasteiger partial charge is 0.381 e.